The van der Waals surface area contributed by atoms with E-state index in [4.69, 9.17) is 0 Å². The predicted octanol–water partition coefficient (Wildman–Crippen LogP) is 6.07. The van der Waals surface area contributed by atoms with Gasteiger partial charge in [0, 0.05) is 29.0 Å². The number of aromatic nitrogens is 1. The van der Waals surface area contributed by atoms with Crippen molar-refractivity contribution in [2.75, 3.05) is 5.32 Å². The third-order valence-corrected chi connectivity index (χ3v) is 5.74. The predicted molar refractivity (Wildman–Crippen MR) is 113 cm³/mol. The van der Waals surface area contributed by atoms with E-state index in [1.54, 1.807) is 0 Å². The van der Waals surface area contributed by atoms with Crippen molar-refractivity contribution in [1.82, 2.24) is 4.57 Å². The smallest absolute Gasteiger partial charge is 0.267 e. The number of hydrogen-bond donors (Lipinski definition) is 1. The third-order valence-electron chi connectivity index (χ3n) is 4.77. The van der Waals surface area contributed by atoms with Crippen molar-refractivity contribution in [1.29, 1.82) is 0 Å². The maximum Gasteiger partial charge on any atom is 0.267 e. The number of amides is 1. The Morgan fingerprint density at radius 3 is 2.41 bits per heavy atom. The van der Waals surface area contributed by atoms with E-state index >= 15 is 0 Å². The molecule has 4 aromatic rings. The lowest BCUT2D eigenvalue weighted by Crippen LogP contribution is -2.14. The molecule has 27 heavy (non-hydrogen) atoms. The van der Waals surface area contributed by atoms with Crippen molar-refractivity contribution < 1.29 is 4.79 Å². The molecule has 134 valence electrons. The molecule has 0 saturated carbocycles. The summed E-state index contributed by atoms with van der Waals surface area (Å²) >= 11 is 1.47. The SMILES string of the molecule is Cc1cccc(NC(=O)c2scc(-c3ccccc3)c2-n2cccc2)c1C. The first kappa shape index (κ1) is 17.3. The third kappa shape index (κ3) is 3.32. The zero-order valence-corrected chi connectivity index (χ0v) is 16.1. The Kier molecular flexibility index (Phi) is 4.65. The fraction of sp³-hybridized carbons (Fsp3) is 0.0870. The summed E-state index contributed by atoms with van der Waals surface area (Å²) in [5.41, 5.74) is 6.18. The maximum atomic E-state index is 13.1. The van der Waals surface area contributed by atoms with Crippen molar-refractivity contribution >= 4 is 22.9 Å². The van der Waals surface area contributed by atoms with E-state index in [0.29, 0.717) is 4.88 Å². The highest BCUT2D eigenvalue weighted by Crippen LogP contribution is 2.35. The summed E-state index contributed by atoms with van der Waals surface area (Å²) in [6.07, 6.45) is 3.95. The van der Waals surface area contributed by atoms with Gasteiger partial charge in [-0.2, -0.15) is 0 Å². The van der Waals surface area contributed by atoms with Crippen molar-refractivity contribution in [2.45, 2.75) is 13.8 Å². The summed E-state index contributed by atoms with van der Waals surface area (Å²) in [4.78, 5) is 13.8. The molecule has 0 bridgehead atoms. The van der Waals surface area contributed by atoms with Crippen molar-refractivity contribution in [3.05, 3.63) is 94.4 Å². The quantitative estimate of drug-likeness (QED) is 0.463. The topological polar surface area (TPSA) is 34.0 Å². The first-order valence-corrected chi connectivity index (χ1v) is 9.71. The zero-order chi connectivity index (χ0) is 18.8. The molecule has 4 rings (SSSR count). The molecule has 0 spiro atoms. The Morgan fingerprint density at radius 2 is 1.67 bits per heavy atom. The van der Waals surface area contributed by atoms with Gasteiger partial charge in [-0.05, 0) is 48.7 Å². The number of anilines is 1. The lowest BCUT2D eigenvalue weighted by atomic mass is 10.1. The van der Waals surface area contributed by atoms with Crippen LogP contribution in [0.2, 0.25) is 0 Å². The molecule has 2 aromatic heterocycles. The van der Waals surface area contributed by atoms with Crippen LogP contribution in [-0.2, 0) is 0 Å². The van der Waals surface area contributed by atoms with Gasteiger partial charge in [-0.1, -0.05) is 42.5 Å². The Labute approximate surface area is 162 Å². The lowest BCUT2D eigenvalue weighted by molar-refractivity contribution is 0.103. The molecule has 0 aliphatic carbocycles. The van der Waals surface area contributed by atoms with Gasteiger partial charge in [0.15, 0.2) is 0 Å². The van der Waals surface area contributed by atoms with Gasteiger partial charge in [-0.3, -0.25) is 4.79 Å². The van der Waals surface area contributed by atoms with Crippen LogP contribution in [0, 0.1) is 13.8 Å². The molecule has 2 heterocycles. The minimum atomic E-state index is -0.0837. The van der Waals surface area contributed by atoms with Crippen LogP contribution in [0.3, 0.4) is 0 Å². The molecule has 0 fully saturated rings. The van der Waals surface area contributed by atoms with Crippen LogP contribution in [0.5, 0.6) is 0 Å². The highest BCUT2D eigenvalue weighted by Gasteiger charge is 2.21. The molecule has 0 radical (unpaired) electrons. The van der Waals surface area contributed by atoms with Crippen molar-refractivity contribution in [2.24, 2.45) is 0 Å². The zero-order valence-electron chi connectivity index (χ0n) is 15.3. The molecule has 0 aliphatic heterocycles. The molecule has 0 unspecified atom stereocenters. The van der Waals surface area contributed by atoms with E-state index in [9.17, 15) is 4.79 Å². The van der Waals surface area contributed by atoms with E-state index in [1.165, 1.54) is 11.3 Å². The number of hydrogen-bond acceptors (Lipinski definition) is 2. The van der Waals surface area contributed by atoms with Crippen molar-refractivity contribution in [3.8, 4) is 16.8 Å². The first-order valence-electron chi connectivity index (χ1n) is 8.83. The fourth-order valence-electron chi connectivity index (χ4n) is 3.14. The van der Waals surface area contributed by atoms with Crippen LogP contribution < -0.4 is 5.32 Å². The summed E-state index contributed by atoms with van der Waals surface area (Å²) in [5, 5.41) is 5.15. The largest absolute Gasteiger partial charge is 0.322 e. The molecule has 0 atom stereocenters. The average molecular weight is 372 g/mol. The van der Waals surface area contributed by atoms with E-state index in [0.717, 1.165) is 33.6 Å². The molecular formula is C23H20N2OS. The molecule has 1 N–H and O–H groups in total. The van der Waals surface area contributed by atoms with Gasteiger partial charge in [0.2, 0.25) is 0 Å². The van der Waals surface area contributed by atoms with Gasteiger partial charge in [0.25, 0.3) is 5.91 Å². The number of carbonyl (C=O) groups excluding carboxylic acids is 1. The number of rotatable bonds is 4. The van der Waals surface area contributed by atoms with Crippen molar-refractivity contribution in [3.63, 3.8) is 0 Å². The summed E-state index contributed by atoms with van der Waals surface area (Å²) in [6, 6.07) is 20.1. The second kappa shape index (κ2) is 7.25. The molecule has 1 amide bonds. The second-order valence-electron chi connectivity index (χ2n) is 6.49. The highest BCUT2D eigenvalue weighted by molar-refractivity contribution is 7.13. The summed E-state index contributed by atoms with van der Waals surface area (Å²) in [6.45, 7) is 4.08. The molecular weight excluding hydrogens is 352 g/mol. The molecule has 3 nitrogen and oxygen atoms in total. The monoisotopic (exact) mass is 372 g/mol. The van der Waals surface area contributed by atoms with Crippen LogP contribution >= 0.6 is 11.3 Å². The van der Waals surface area contributed by atoms with Gasteiger partial charge in [0.05, 0.1) is 5.69 Å². The van der Waals surface area contributed by atoms with Crippen LogP contribution in [0.4, 0.5) is 5.69 Å². The van der Waals surface area contributed by atoms with E-state index in [-0.39, 0.29) is 5.91 Å². The van der Waals surface area contributed by atoms with Gasteiger partial charge < -0.3 is 9.88 Å². The number of aryl methyl sites for hydroxylation is 1. The number of benzene rings is 2. The second-order valence-corrected chi connectivity index (χ2v) is 7.36. The van der Waals surface area contributed by atoms with Gasteiger partial charge in [-0.25, -0.2) is 0 Å². The molecule has 4 heteroatoms. The fourth-order valence-corrected chi connectivity index (χ4v) is 4.11. The normalized spacial score (nSPS) is 10.7. The first-order chi connectivity index (χ1) is 13.1. The summed E-state index contributed by atoms with van der Waals surface area (Å²) in [7, 11) is 0. The Balaban J connectivity index is 1.78. The highest BCUT2D eigenvalue weighted by atomic mass is 32.1. The van der Waals surface area contributed by atoms with Crippen LogP contribution in [0.25, 0.3) is 16.8 Å². The Bertz CT molecular complexity index is 1080. The minimum Gasteiger partial charge on any atom is -0.322 e. The molecule has 0 aliphatic rings. The van der Waals surface area contributed by atoms with Gasteiger partial charge in [-0.15, -0.1) is 11.3 Å². The number of nitrogens with one attached hydrogen (secondary N) is 1. The van der Waals surface area contributed by atoms with E-state index in [1.807, 2.05) is 66.3 Å². The lowest BCUT2D eigenvalue weighted by Gasteiger charge is -2.12. The standard InChI is InChI=1S/C23H20N2OS/c1-16-9-8-12-20(17(16)2)24-23(26)22-21(25-13-6-7-14-25)19(15-27-22)18-10-4-3-5-11-18/h3-15H,1-2H3,(H,24,26). The van der Waals surface area contributed by atoms with Crippen LogP contribution in [0.1, 0.15) is 20.8 Å². The van der Waals surface area contributed by atoms with E-state index < -0.39 is 0 Å². The Morgan fingerprint density at radius 1 is 0.926 bits per heavy atom. The molecule has 2 aromatic carbocycles. The summed E-state index contributed by atoms with van der Waals surface area (Å²) in [5.74, 6) is -0.0837. The summed E-state index contributed by atoms with van der Waals surface area (Å²) < 4.78 is 2.01. The maximum absolute atomic E-state index is 13.1. The van der Waals surface area contributed by atoms with Crippen LogP contribution in [-0.4, -0.2) is 10.5 Å². The average Bonchev–Trinajstić information content (AvgIpc) is 3.35. The number of thiophene rings is 1. The van der Waals surface area contributed by atoms with Gasteiger partial charge >= 0.3 is 0 Å². The van der Waals surface area contributed by atoms with Gasteiger partial charge in [0.1, 0.15) is 4.88 Å². The number of nitrogens with zero attached hydrogens (tertiary/aromatic N) is 1. The Hall–Kier alpha value is -3.11. The van der Waals surface area contributed by atoms with Crippen LogP contribution in [0.15, 0.2) is 78.4 Å². The number of carbonyl (C=O) groups is 1. The molecule has 0 saturated heterocycles. The minimum absolute atomic E-state index is 0.0837. The van der Waals surface area contributed by atoms with E-state index in [2.05, 4.69) is 35.8 Å².